The van der Waals surface area contributed by atoms with Gasteiger partial charge in [0.05, 0.1) is 12.6 Å². The average molecular weight is 200 g/mol. The molecule has 1 amide bonds. The number of fused-ring (bicyclic) bond motifs is 1. The van der Waals surface area contributed by atoms with Crippen LogP contribution in [0.4, 0.5) is 4.79 Å². The van der Waals surface area contributed by atoms with Gasteiger partial charge in [-0.1, -0.05) is 0 Å². The summed E-state index contributed by atoms with van der Waals surface area (Å²) in [5, 5.41) is 3.22. The van der Waals surface area contributed by atoms with Crippen molar-refractivity contribution in [2.75, 3.05) is 33.4 Å². The van der Waals surface area contributed by atoms with Gasteiger partial charge in [0.15, 0.2) is 0 Å². The van der Waals surface area contributed by atoms with E-state index < -0.39 is 0 Å². The molecule has 80 valence electrons. The van der Waals surface area contributed by atoms with E-state index in [4.69, 9.17) is 9.47 Å². The number of nitrogens with one attached hydrogen (secondary N) is 1. The lowest BCUT2D eigenvalue weighted by Gasteiger charge is -2.28. The lowest BCUT2D eigenvalue weighted by Crippen LogP contribution is -2.47. The first-order chi connectivity index (χ1) is 6.83. The molecule has 2 aliphatic heterocycles. The Hall–Kier alpha value is -0.810. The smallest absolute Gasteiger partial charge is 0.410 e. The number of hydrogen-bond acceptors (Lipinski definition) is 4. The Morgan fingerprint density at radius 1 is 1.71 bits per heavy atom. The van der Waals surface area contributed by atoms with Crippen molar-refractivity contribution >= 4 is 6.09 Å². The van der Waals surface area contributed by atoms with Crippen LogP contribution >= 0.6 is 0 Å². The molecule has 0 aromatic rings. The Kier molecular flexibility index (Phi) is 2.88. The van der Waals surface area contributed by atoms with Gasteiger partial charge in [-0.25, -0.2) is 4.79 Å². The second kappa shape index (κ2) is 4.14. The number of amides is 1. The monoisotopic (exact) mass is 200 g/mol. The Morgan fingerprint density at radius 3 is 3.36 bits per heavy atom. The van der Waals surface area contributed by atoms with E-state index in [-0.39, 0.29) is 18.2 Å². The molecule has 1 N–H and O–H groups in total. The molecule has 2 fully saturated rings. The molecule has 2 saturated heterocycles. The molecule has 2 heterocycles. The average Bonchev–Trinajstić information content (AvgIpc) is 2.51. The first-order valence-corrected chi connectivity index (χ1v) is 5.00. The van der Waals surface area contributed by atoms with Gasteiger partial charge < -0.3 is 14.8 Å². The number of rotatable bonds is 3. The summed E-state index contributed by atoms with van der Waals surface area (Å²) in [6.07, 6.45) is 0.814. The predicted molar refractivity (Wildman–Crippen MR) is 50.1 cm³/mol. The largest absolute Gasteiger partial charge is 0.443 e. The molecule has 14 heavy (non-hydrogen) atoms. The van der Waals surface area contributed by atoms with Gasteiger partial charge >= 0.3 is 6.09 Å². The SMILES string of the molecule is COCCN1C(=O)OC2CNCCC21. The molecule has 5 nitrogen and oxygen atoms in total. The van der Waals surface area contributed by atoms with Crippen molar-refractivity contribution in [3.63, 3.8) is 0 Å². The summed E-state index contributed by atoms with van der Waals surface area (Å²) in [6.45, 7) is 2.95. The second-order valence-electron chi connectivity index (χ2n) is 3.67. The molecule has 0 bridgehead atoms. The first kappa shape index (κ1) is 9.73. The van der Waals surface area contributed by atoms with Gasteiger partial charge in [0.1, 0.15) is 6.10 Å². The highest BCUT2D eigenvalue weighted by atomic mass is 16.6. The quantitative estimate of drug-likeness (QED) is 0.686. The Morgan fingerprint density at radius 2 is 2.57 bits per heavy atom. The molecule has 2 unspecified atom stereocenters. The maximum atomic E-state index is 11.5. The fourth-order valence-electron chi connectivity index (χ4n) is 2.07. The number of piperidine rings is 1. The van der Waals surface area contributed by atoms with Gasteiger partial charge in [-0.3, -0.25) is 4.90 Å². The highest BCUT2D eigenvalue weighted by Gasteiger charge is 2.42. The van der Waals surface area contributed by atoms with Crippen molar-refractivity contribution in [3.8, 4) is 0 Å². The molecule has 2 atom stereocenters. The maximum Gasteiger partial charge on any atom is 0.410 e. The van der Waals surface area contributed by atoms with Crippen molar-refractivity contribution in [1.29, 1.82) is 0 Å². The number of hydrogen-bond donors (Lipinski definition) is 1. The van der Waals surface area contributed by atoms with Crippen LogP contribution < -0.4 is 5.32 Å². The van der Waals surface area contributed by atoms with Gasteiger partial charge in [0.25, 0.3) is 0 Å². The number of methoxy groups -OCH3 is 1. The van der Waals surface area contributed by atoms with Crippen LogP contribution in [0.5, 0.6) is 0 Å². The van der Waals surface area contributed by atoms with Crippen molar-refractivity contribution < 1.29 is 14.3 Å². The summed E-state index contributed by atoms with van der Waals surface area (Å²) in [7, 11) is 1.64. The van der Waals surface area contributed by atoms with E-state index in [1.54, 1.807) is 12.0 Å². The van der Waals surface area contributed by atoms with E-state index in [0.29, 0.717) is 13.2 Å². The topological polar surface area (TPSA) is 50.8 Å². The summed E-state index contributed by atoms with van der Waals surface area (Å²) in [6, 6.07) is 0.249. The molecule has 5 heteroatoms. The molecule has 0 spiro atoms. The molecule has 0 aliphatic carbocycles. The van der Waals surface area contributed by atoms with Crippen molar-refractivity contribution in [1.82, 2.24) is 10.2 Å². The van der Waals surface area contributed by atoms with E-state index in [1.165, 1.54) is 0 Å². The van der Waals surface area contributed by atoms with Crippen LogP contribution in [0.2, 0.25) is 0 Å². The lowest BCUT2D eigenvalue weighted by atomic mass is 10.0. The maximum absolute atomic E-state index is 11.5. The van der Waals surface area contributed by atoms with Crippen LogP contribution in [0.1, 0.15) is 6.42 Å². The van der Waals surface area contributed by atoms with Gasteiger partial charge in [-0.2, -0.15) is 0 Å². The third-order valence-corrected chi connectivity index (χ3v) is 2.81. The number of carbonyl (C=O) groups is 1. The van der Waals surface area contributed by atoms with Gasteiger partial charge in [0, 0.05) is 20.2 Å². The molecule has 2 aliphatic rings. The number of nitrogens with zero attached hydrogens (tertiary/aromatic N) is 1. The minimum atomic E-state index is -0.194. The number of carbonyl (C=O) groups excluding carboxylic acids is 1. The fraction of sp³-hybridized carbons (Fsp3) is 0.889. The molecule has 0 aromatic heterocycles. The molecular formula is C9H16N2O3. The summed E-state index contributed by atoms with van der Waals surface area (Å²) in [5.41, 5.74) is 0. The highest BCUT2D eigenvalue weighted by molar-refractivity contribution is 5.70. The third kappa shape index (κ3) is 1.69. The van der Waals surface area contributed by atoms with Crippen LogP contribution in [0.25, 0.3) is 0 Å². The van der Waals surface area contributed by atoms with Gasteiger partial charge in [-0.05, 0) is 13.0 Å². The van der Waals surface area contributed by atoms with E-state index in [9.17, 15) is 4.79 Å². The van der Waals surface area contributed by atoms with Crippen LogP contribution in [0, 0.1) is 0 Å². The molecule has 0 saturated carbocycles. The standard InChI is InChI=1S/C9H16N2O3/c1-13-5-4-11-7-2-3-10-6-8(7)14-9(11)12/h7-8,10H,2-6H2,1H3. The second-order valence-corrected chi connectivity index (χ2v) is 3.67. The van der Waals surface area contributed by atoms with Crippen LogP contribution in [-0.2, 0) is 9.47 Å². The number of ether oxygens (including phenoxy) is 2. The summed E-state index contributed by atoms with van der Waals surface area (Å²) >= 11 is 0. The molecule has 0 radical (unpaired) electrons. The Balaban J connectivity index is 1.96. The first-order valence-electron chi connectivity index (χ1n) is 5.00. The van der Waals surface area contributed by atoms with Crippen LogP contribution in [0.15, 0.2) is 0 Å². The van der Waals surface area contributed by atoms with E-state index in [1.807, 2.05) is 0 Å². The zero-order valence-corrected chi connectivity index (χ0v) is 8.36. The molecular weight excluding hydrogens is 184 g/mol. The third-order valence-electron chi connectivity index (χ3n) is 2.81. The summed E-state index contributed by atoms with van der Waals surface area (Å²) < 4.78 is 10.2. The Bertz CT molecular complexity index is 222. The van der Waals surface area contributed by atoms with E-state index in [0.717, 1.165) is 19.5 Å². The zero-order valence-electron chi connectivity index (χ0n) is 8.36. The minimum Gasteiger partial charge on any atom is -0.443 e. The van der Waals surface area contributed by atoms with Crippen LogP contribution in [-0.4, -0.2) is 56.5 Å². The fourth-order valence-corrected chi connectivity index (χ4v) is 2.07. The Labute approximate surface area is 83.3 Å². The zero-order chi connectivity index (χ0) is 9.97. The van der Waals surface area contributed by atoms with Crippen molar-refractivity contribution in [3.05, 3.63) is 0 Å². The predicted octanol–water partition coefficient (Wildman–Crippen LogP) is -0.185. The van der Waals surface area contributed by atoms with Crippen LogP contribution in [0.3, 0.4) is 0 Å². The lowest BCUT2D eigenvalue weighted by molar-refractivity contribution is 0.121. The summed E-state index contributed by atoms with van der Waals surface area (Å²) in [4.78, 5) is 13.3. The van der Waals surface area contributed by atoms with Crippen molar-refractivity contribution in [2.24, 2.45) is 0 Å². The van der Waals surface area contributed by atoms with Gasteiger partial charge in [-0.15, -0.1) is 0 Å². The van der Waals surface area contributed by atoms with E-state index in [2.05, 4.69) is 5.32 Å². The molecule has 0 aromatic carbocycles. The molecule has 2 rings (SSSR count). The summed E-state index contributed by atoms with van der Waals surface area (Å²) in [5.74, 6) is 0. The van der Waals surface area contributed by atoms with Gasteiger partial charge in [0.2, 0.25) is 0 Å². The normalized spacial score (nSPS) is 31.5. The minimum absolute atomic E-state index is 0.0353. The highest BCUT2D eigenvalue weighted by Crippen LogP contribution is 2.23. The van der Waals surface area contributed by atoms with E-state index >= 15 is 0 Å². The van der Waals surface area contributed by atoms with Crippen molar-refractivity contribution in [2.45, 2.75) is 18.6 Å².